The van der Waals surface area contributed by atoms with Crippen LogP contribution < -0.4 is 10.6 Å². The maximum Gasteiger partial charge on any atom is 0.225 e. The molecule has 0 saturated carbocycles. The van der Waals surface area contributed by atoms with Crippen molar-refractivity contribution in [3.05, 3.63) is 17.5 Å². The molecular formula is C16H26N4. The van der Waals surface area contributed by atoms with Crippen LogP contribution in [0.5, 0.6) is 0 Å². The summed E-state index contributed by atoms with van der Waals surface area (Å²) in [4.78, 5) is 11.9. The van der Waals surface area contributed by atoms with E-state index in [0.29, 0.717) is 11.8 Å². The second-order valence-corrected chi connectivity index (χ2v) is 7.15. The van der Waals surface area contributed by atoms with E-state index >= 15 is 0 Å². The standard InChI is InChI=1S/C16H26N4/c1-11-7-16(2,3)13-9-18-15(19-14(11)13)20-6-4-5-12(8-17)10-20/h9,11-12H,4-8,10,17H2,1-3H3. The van der Waals surface area contributed by atoms with Crippen molar-refractivity contribution in [1.82, 2.24) is 9.97 Å². The fourth-order valence-corrected chi connectivity index (χ4v) is 3.85. The van der Waals surface area contributed by atoms with E-state index < -0.39 is 0 Å². The molecule has 2 aliphatic rings. The summed E-state index contributed by atoms with van der Waals surface area (Å²) in [5, 5.41) is 0. The van der Waals surface area contributed by atoms with E-state index in [1.807, 2.05) is 0 Å². The summed E-state index contributed by atoms with van der Waals surface area (Å²) in [7, 11) is 0. The molecule has 110 valence electrons. The highest BCUT2D eigenvalue weighted by molar-refractivity contribution is 5.41. The zero-order chi connectivity index (χ0) is 14.3. The molecule has 3 rings (SSSR count). The van der Waals surface area contributed by atoms with Crippen LogP contribution in [0, 0.1) is 5.92 Å². The monoisotopic (exact) mass is 274 g/mol. The number of nitrogens with two attached hydrogens (primary N) is 1. The highest BCUT2D eigenvalue weighted by Gasteiger charge is 2.36. The summed E-state index contributed by atoms with van der Waals surface area (Å²) in [5.41, 5.74) is 8.63. The molecule has 2 N–H and O–H groups in total. The first-order valence-corrected chi connectivity index (χ1v) is 7.83. The Balaban J connectivity index is 1.88. The lowest BCUT2D eigenvalue weighted by Crippen LogP contribution is -2.39. The first-order chi connectivity index (χ1) is 9.51. The van der Waals surface area contributed by atoms with E-state index in [-0.39, 0.29) is 5.41 Å². The van der Waals surface area contributed by atoms with Gasteiger partial charge < -0.3 is 10.6 Å². The third-order valence-electron chi connectivity index (χ3n) is 4.95. The average Bonchev–Trinajstić information content (AvgIpc) is 2.68. The van der Waals surface area contributed by atoms with Crippen molar-refractivity contribution in [2.45, 2.75) is 51.4 Å². The SMILES string of the molecule is CC1CC(C)(C)c2cnc(N3CCCC(CN)C3)nc21. The number of aromatic nitrogens is 2. The van der Waals surface area contributed by atoms with Gasteiger partial charge in [0.1, 0.15) is 0 Å². The minimum Gasteiger partial charge on any atom is -0.340 e. The molecule has 2 heterocycles. The lowest BCUT2D eigenvalue weighted by atomic mass is 9.87. The summed E-state index contributed by atoms with van der Waals surface area (Å²) in [6.45, 7) is 9.71. The largest absolute Gasteiger partial charge is 0.340 e. The molecule has 0 amide bonds. The van der Waals surface area contributed by atoms with Crippen molar-refractivity contribution >= 4 is 5.95 Å². The van der Waals surface area contributed by atoms with Crippen LogP contribution in [0.25, 0.3) is 0 Å². The van der Waals surface area contributed by atoms with E-state index in [1.54, 1.807) is 0 Å². The van der Waals surface area contributed by atoms with Gasteiger partial charge in [0.2, 0.25) is 5.95 Å². The molecule has 1 aromatic heterocycles. The highest BCUT2D eigenvalue weighted by atomic mass is 15.3. The minimum absolute atomic E-state index is 0.217. The van der Waals surface area contributed by atoms with Crippen molar-refractivity contribution in [2.75, 3.05) is 24.5 Å². The van der Waals surface area contributed by atoms with Crippen LogP contribution in [0.4, 0.5) is 5.95 Å². The first-order valence-electron chi connectivity index (χ1n) is 7.83. The van der Waals surface area contributed by atoms with Gasteiger partial charge in [0, 0.05) is 19.3 Å². The molecule has 1 fully saturated rings. The first kappa shape index (κ1) is 13.8. The summed E-state index contributed by atoms with van der Waals surface area (Å²) >= 11 is 0. The van der Waals surface area contributed by atoms with Crippen molar-refractivity contribution < 1.29 is 0 Å². The van der Waals surface area contributed by atoms with Crippen molar-refractivity contribution in [3.8, 4) is 0 Å². The van der Waals surface area contributed by atoms with Crippen molar-refractivity contribution in [3.63, 3.8) is 0 Å². The molecule has 1 aliphatic carbocycles. The summed E-state index contributed by atoms with van der Waals surface area (Å²) in [5.74, 6) is 2.04. The van der Waals surface area contributed by atoms with Crippen LogP contribution in [0.1, 0.15) is 57.2 Å². The van der Waals surface area contributed by atoms with Crippen LogP contribution in [-0.4, -0.2) is 29.6 Å². The zero-order valence-corrected chi connectivity index (χ0v) is 12.9. The molecule has 4 nitrogen and oxygen atoms in total. The molecule has 0 aromatic carbocycles. The van der Waals surface area contributed by atoms with E-state index in [0.717, 1.165) is 25.6 Å². The van der Waals surface area contributed by atoms with Gasteiger partial charge in [-0.2, -0.15) is 0 Å². The molecule has 1 aromatic rings. The minimum atomic E-state index is 0.217. The van der Waals surface area contributed by atoms with Crippen LogP contribution in [0.3, 0.4) is 0 Å². The maximum absolute atomic E-state index is 5.82. The third-order valence-corrected chi connectivity index (χ3v) is 4.95. The van der Waals surface area contributed by atoms with E-state index in [1.165, 1.54) is 30.5 Å². The molecule has 4 heteroatoms. The number of anilines is 1. The normalized spacial score (nSPS) is 28.5. The predicted molar refractivity (Wildman–Crippen MR) is 82.1 cm³/mol. The van der Waals surface area contributed by atoms with Gasteiger partial charge >= 0.3 is 0 Å². The second-order valence-electron chi connectivity index (χ2n) is 7.15. The van der Waals surface area contributed by atoms with Gasteiger partial charge in [-0.25, -0.2) is 9.97 Å². The molecule has 20 heavy (non-hydrogen) atoms. The number of hydrogen-bond donors (Lipinski definition) is 1. The maximum atomic E-state index is 5.82. The molecular weight excluding hydrogens is 248 g/mol. The molecule has 0 radical (unpaired) electrons. The Morgan fingerprint density at radius 1 is 1.45 bits per heavy atom. The van der Waals surface area contributed by atoms with Gasteiger partial charge in [-0.1, -0.05) is 20.8 Å². The van der Waals surface area contributed by atoms with Gasteiger partial charge in [0.05, 0.1) is 5.69 Å². The van der Waals surface area contributed by atoms with Gasteiger partial charge in [0.25, 0.3) is 0 Å². The third kappa shape index (κ3) is 2.30. The average molecular weight is 274 g/mol. The summed E-state index contributed by atoms with van der Waals surface area (Å²) < 4.78 is 0. The van der Waals surface area contributed by atoms with Crippen LogP contribution in [0.2, 0.25) is 0 Å². The number of nitrogens with zero attached hydrogens (tertiary/aromatic N) is 3. The summed E-state index contributed by atoms with van der Waals surface area (Å²) in [6, 6.07) is 0. The lowest BCUT2D eigenvalue weighted by molar-refractivity contribution is 0.419. The zero-order valence-electron chi connectivity index (χ0n) is 12.9. The van der Waals surface area contributed by atoms with Gasteiger partial charge in [-0.05, 0) is 48.6 Å². The van der Waals surface area contributed by atoms with E-state index in [2.05, 4.69) is 36.9 Å². The van der Waals surface area contributed by atoms with Gasteiger partial charge in [-0.3, -0.25) is 0 Å². The number of piperidine rings is 1. The van der Waals surface area contributed by atoms with Crippen LogP contribution >= 0.6 is 0 Å². The van der Waals surface area contributed by atoms with Gasteiger partial charge in [0.15, 0.2) is 0 Å². The van der Waals surface area contributed by atoms with Crippen molar-refractivity contribution in [1.29, 1.82) is 0 Å². The Hall–Kier alpha value is -1.16. The number of rotatable bonds is 2. The molecule has 1 saturated heterocycles. The molecule has 1 aliphatic heterocycles. The highest BCUT2D eigenvalue weighted by Crippen LogP contribution is 2.44. The Morgan fingerprint density at radius 2 is 2.25 bits per heavy atom. The molecule has 0 spiro atoms. The Kier molecular flexibility index (Phi) is 3.44. The van der Waals surface area contributed by atoms with Crippen LogP contribution in [0.15, 0.2) is 6.20 Å². The van der Waals surface area contributed by atoms with E-state index in [4.69, 9.17) is 10.7 Å². The second kappa shape index (κ2) is 4.99. The molecule has 2 atom stereocenters. The topological polar surface area (TPSA) is 55.0 Å². The van der Waals surface area contributed by atoms with Gasteiger partial charge in [-0.15, -0.1) is 0 Å². The number of fused-ring (bicyclic) bond motifs is 1. The van der Waals surface area contributed by atoms with Crippen LogP contribution in [-0.2, 0) is 5.41 Å². The predicted octanol–water partition coefficient (Wildman–Crippen LogP) is 2.44. The fourth-order valence-electron chi connectivity index (χ4n) is 3.85. The Morgan fingerprint density at radius 3 is 3.00 bits per heavy atom. The molecule has 2 unspecified atom stereocenters. The Bertz CT molecular complexity index is 497. The quantitative estimate of drug-likeness (QED) is 0.900. The van der Waals surface area contributed by atoms with E-state index in [9.17, 15) is 0 Å². The summed E-state index contributed by atoms with van der Waals surface area (Å²) in [6.07, 6.45) is 5.67. The fraction of sp³-hybridized carbons (Fsp3) is 0.750. The lowest BCUT2D eigenvalue weighted by Gasteiger charge is -2.32. The smallest absolute Gasteiger partial charge is 0.225 e. The van der Waals surface area contributed by atoms with Crippen molar-refractivity contribution in [2.24, 2.45) is 11.7 Å². The number of hydrogen-bond acceptors (Lipinski definition) is 4. The Labute approximate surface area is 121 Å². The molecule has 0 bridgehead atoms.